The van der Waals surface area contributed by atoms with Gasteiger partial charge in [-0.2, -0.15) is 0 Å². The van der Waals surface area contributed by atoms with Crippen LogP contribution in [0.4, 0.5) is 4.39 Å². The van der Waals surface area contributed by atoms with Gasteiger partial charge in [0.15, 0.2) is 0 Å². The summed E-state index contributed by atoms with van der Waals surface area (Å²) in [6, 6.07) is 7.60. The van der Waals surface area contributed by atoms with Gasteiger partial charge in [-0.3, -0.25) is 10.1 Å². The fourth-order valence-electron chi connectivity index (χ4n) is 1.43. The van der Waals surface area contributed by atoms with Crippen LogP contribution in [-0.2, 0) is 0 Å². The minimum atomic E-state index is -0.334. The molecule has 1 aliphatic heterocycles. The van der Waals surface area contributed by atoms with Crippen LogP contribution in [0.2, 0.25) is 0 Å². The first-order chi connectivity index (χ1) is 7.70. The van der Waals surface area contributed by atoms with Gasteiger partial charge in [0.1, 0.15) is 5.82 Å². The van der Waals surface area contributed by atoms with Crippen molar-refractivity contribution in [1.29, 1.82) is 0 Å². The van der Waals surface area contributed by atoms with E-state index in [1.165, 1.54) is 12.1 Å². The SMILES string of the molecule is Fc1ccccc1.O=[N+]([O-])C1CCCNC1. The number of benzene rings is 1. The van der Waals surface area contributed by atoms with E-state index in [1.807, 2.05) is 0 Å². The number of nitro groups is 1. The molecule has 1 aliphatic rings. The van der Waals surface area contributed by atoms with E-state index in [9.17, 15) is 14.5 Å². The second-order valence-corrected chi connectivity index (χ2v) is 3.58. The van der Waals surface area contributed by atoms with Gasteiger partial charge in [0, 0.05) is 11.3 Å². The van der Waals surface area contributed by atoms with Crippen LogP contribution in [0.1, 0.15) is 12.8 Å². The quantitative estimate of drug-likeness (QED) is 0.587. The molecule has 5 heteroatoms. The largest absolute Gasteiger partial charge is 0.310 e. The van der Waals surface area contributed by atoms with Crippen LogP contribution in [-0.4, -0.2) is 24.1 Å². The van der Waals surface area contributed by atoms with E-state index in [4.69, 9.17) is 0 Å². The normalized spacial score (nSPS) is 19.4. The van der Waals surface area contributed by atoms with E-state index in [0.717, 1.165) is 19.4 Å². The van der Waals surface area contributed by atoms with Crippen LogP contribution in [0.15, 0.2) is 30.3 Å². The lowest BCUT2D eigenvalue weighted by molar-refractivity contribution is -0.522. The maximum atomic E-state index is 11.9. The molecule has 16 heavy (non-hydrogen) atoms. The molecule has 0 bridgehead atoms. The Hall–Kier alpha value is -1.49. The summed E-state index contributed by atoms with van der Waals surface area (Å²) in [5.41, 5.74) is 0. The second kappa shape index (κ2) is 6.90. The Bertz CT molecular complexity index is 313. The third kappa shape index (κ3) is 4.84. The Morgan fingerprint density at radius 1 is 1.38 bits per heavy atom. The monoisotopic (exact) mass is 226 g/mol. The molecule has 1 heterocycles. The van der Waals surface area contributed by atoms with Gasteiger partial charge >= 0.3 is 0 Å². The average Bonchev–Trinajstić information content (AvgIpc) is 2.32. The van der Waals surface area contributed by atoms with E-state index in [1.54, 1.807) is 18.2 Å². The summed E-state index contributed by atoms with van der Waals surface area (Å²) >= 11 is 0. The molecule has 4 nitrogen and oxygen atoms in total. The minimum absolute atomic E-state index is 0.178. The van der Waals surface area contributed by atoms with E-state index < -0.39 is 0 Å². The molecular weight excluding hydrogens is 211 g/mol. The molecule has 1 aromatic carbocycles. The van der Waals surface area contributed by atoms with Gasteiger partial charge in [-0.05, 0) is 25.1 Å². The van der Waals surface area contributed by atoms with E-state index >= 15 is 0 Å². The first-order valence-electron chi connectivity index (χ1n) is 5.25. The number of halogens is 1. The van der Waals surface area contributed by atoms with Crippen molar-refractivity contribution in [3.63, 3.8) is 0 Å². The Labute approximate surface area is 93.6 Å². The Kier molecular flexibility index (Phi) is 5.42. The van der Waals surface area contributed by atoms with Gasteiger partial charge in [0.25, 0.3) is 0 Å². The zero-order valence-electron chi connectivity index (χ0n) is 8.93. The fourth-order valence-corrected chi connectivity index (χ4v) is 1.43. The number of hydrogen-bond acceptors (Lipinski definition) is 3. The molecule has 0 amide bonds. The van der Waals surface area contributed by atoms with Gasteiger partial charge in [-0.15, -0.1) is 0 Å². The standard InChI is InChI=1S/C6H5F.C5H10N2O2/c7-6-4-2-1-3-5-6;8-7(9)5-2-1-3-6-4-5/h1-5H;5-6H,1-4H2. The number of hydrogen-bond donors (Lipinski definition) is 1. The summed E-state index contributed by atoms with van der Waals surface area (Å²) in [6.07, 6.45) is 1.67. The summed E-state index contributed by atoms with van der Waals surface area (Å²) in [7, 11) is 0. The lowest BCUT2D eigenvalue weighted by Crippen LogP contribution is -2.38. The highest BCUT2D eigenvalue weighted by Crippen LogP contribution is 2.03. The third-order valence-electron chi connectivity index (χ3n) is 2.30. The predicted octanol–water partition coefficient (Wildman–Crippen LogP) is 1.84. The molecule has 2 rings (SSSR count). The van der Waals surface area contributed by atoms with Crippen molar-refractivity contribution >= 4 is 0 Å². The highest BCUT2D eigenvalue weighted by molar-refractivity contribution is 5.02. The van der Waals surface area contributed by atoms with Crippen molar-refractivity contribution in [2.45, 2.75) is 18.9 Å². The molecule has 0 aromatic heterocycles. The topological polar surface area (TPSA) is 55.2 Å². The number of rotatable bonds is 1. The molecule has 0 radical (unpaired) electrons. The summed E-state index contributed by atoms with van der Waals surface area (Å²) in [6.45, 7) is 1.48. The molecular formula is C11H15FN2O2. The van der Waals surface area contributed by atoms with Gasteiger partial charge < -0.3 is 5.32 Å². The molecule has 0 aliphatic carbocycles. The van der Waals surface area contributed by atoms with Crippen LogP contribution in [0, 0.1) is 15.9 Å². The molecule has 1 atom stereocenters. The van der Waals surface area contributed by atoms with Crippen LogP contribution < -0.4 is 5.32 Å². The first-order valence-corrected chi connectivity index (χ1v) is 5.25. The van der Waals surface area contributed by atoms with E-state index in [2.05, 4.69) is 5.32 Å². The predicted molar refractivity (Wildman–Crippen MR) is 59.3 cm³/mol. The summed E-state index contributed by atoms with van der Waals surface area (Å²) < 4.78 is 11.9. The minimum Gasteiger partial charge on any atom is -0.310 e. The number of piperidine rings is 1. The molecule has 0 saturated carbocycles. The zero-order chi connectivity index (χ0) is 11.8. The van der Waals surface area contributed by atoms with Crippen molar-refractivity contribution in [2.75, 3.05) is 13.1 Å². The van der Waals surface area contributed by atoms with Crippen molar-refractivity contribution in [1.82, 2.24) is 5.32 Å². The number of nitrogens with zero attached hydrogens (tertiary/aromatic N) is 1. The van der Waals surface area contributed by atoms with Gasteiger partial charge in [0.05, 0.1) is 6.54 Å². The van der Waals surface area contributed by atoms with Gasteiger partial charge in [0.2, 0.25) is 6.04 Å². The molecule has 1 aromatic rings. The summed E-state index contributed by atoms with van der Waals surface area (Å²) in [5.74, 6) is -0.178. The third-order valence-corrected chi connectivity index (χ3v) is 2.30. The summed E-state index contributed by atoms with van der Waals surface area (Å²) in [5, 5.41) is 13.1. The summed E-state index contributed by atoms with van der Waals surface area (Å²) in [4.78, 5) is 9.92. The Balaban J connectivity index is 0.000000165. The van der Waals surface area contributed by atoms with Crippen molar-refractivity contribution in [3.8, 4) is 0 Å². The molecule has 1 N–H and O–H groups in total. The highest BCUT2D eigenvalue weighted by atomic mass is 19.1. The van der Waals surface area contributed by atoms with Crippen molar-refractivity contribution < 1.29 is 9.31 Å². The lowest BCUT2D eigenvalue weighted by atomic mass is 10.1. The Morgan fingerprint density at radius 3 is 2.38 bits per heavy atom. The van der Waals surface area contributed by atoms with E-state index in [0.29, 0.717) is 6.54 Å². The van der Waals surface area contributed by atoms with Crippen LogP contribution >= 0.6 is 0 Å². The maximum absolute atomic E-state index is 11.9. The van der Waals surface area contributed by atoms with Crippen LogP contribution in [0.5, 0.6) is 0 Å². The van der Waals surface area contributed by atoms with Gasteiger partial charge in [-0.1, -0.05) is 18.2 Å². The Morgan fingerprint density at radius 2 is 2.06 bits per heavy atom. The smallest absolute Gasteiger partial charge is 0.225 e. The molecule has 88 valence electrons. The van der Waals surface area contributed by atoms with Crippen molar-refractivity contribution in [3.05, 3.63) is 46.3 Å². The van der Waals surface area contributed by atoms with Crippen molar-refractivity contribution in [2.24, 2.45) is 0 Å². The van der Waals surface area contributed by atoms with E-state index in [-0.39, 0.29) is 16.8 Å². The molecule has 1 saturated heterocycles. The molecule has 1 unspecified atom stereocenters. The first kappa shape index (κ1) is 12.6. The highest BCUT2D eigenvalue weighted by Gasteiger charge is 2.21. The number of nitrogens with one attached hydrogen (secondary N) is 1. The molecule has 0 spiro atoms. The van der Waals surface area contributed by atoms with Crippen LogP contribution in [0.3, 0.4) is 0 Å². The fraction of sp³-hybridized carbons (Fsp3) is 0.455. The molecule has 1 fully saturated rings. The van der Waals surface area contributed by atoms with Crippen LogP contribution in [0.25, 0.3) is 0 Å². The van der Waals surface area contributed by atoms with Gasteiger partial charge in [-0.25, -0.2) is 4.39 Å². The average molecular weight is 226 g/mol. The maximum Gasteiger partial charge on any atom is 0.225 e. The lowest BCUT2D eigenvalue weighted by Gasteiger charge is -2.15. The second-order valence-electron chi connectivity index (χ2n) is 3.58. The zero-order valence-corrected chi connectivity index (χ0v) is 8.93.